The summed E-state index contributed by atoms with van der Waals surface area (Å²) in [5, 5.41) is 3.57. The van der Waals surface area contributed by atoms with E-state index in [0.717, 1.165) is 11.8 Å². The Bertz CT molecular complexity index is 125. The van der Waals surface area contributed by atoms with Gasteiger partial charge < -0.3 is 5.32 Å². The maximum atomic E-state index is 3.57. The fraction of sp³-hybridized carbons (Fsp3) is 1.00. The van der Waals surface area contributed by atoms with Crippen LogP contribution in [0, 0.1) is 11.8 Å². The summed E-state index contributed by atoms with van der Waals surface area (Å²) in [4.78, 5) is 0. The number of hydrogen-bond donors (Lipinski definition) is 1. The van der Waals surface area contributed by atoms with Gasteiger partial charge in [0.2, 0.25) is 0 Å². The quantitative estimate of drug-likeness (QED) is 0.599. The lowest BCUT2D eigenvalue weighted by molar-refractivity contribution is 0.301. The van der Waals surface area contributed by atoms with Crippen LogP contribution in [0.4, 0.5) is 0 Å². The molecule has 2 saturated carbocycles. The standard InChI is InChI=1S/C11H21N/c1-3-11(4-1)9-12-8-2-5-10-6-7-10/h10-12H,1-9H2. The molecule has 2 aliphatic carbocycles. The van der Waals surface area contributed by atoms with Gasteiger partial charge in [-0.1, -0.05) is 19.3 Å². The van der Waals surface area contributed by atoms with Crippen molar-refractivity contribution in [1.29, 1.82) is 0 Å². The summed E-state index contributed by atoms with van der Waals surface area (Å²) in [7, 11) is 0. The first-order chi connectivity index (χ1) is 5.95. The van der Waals surface area contributed by atoms with Gasteiger partial charge in [0, 0.05) is 0 Å². The summed E-state index contributed by atoms with van der Waals surface area (Å²) >= 11 is 0. The molecule has 0 radical (unpaired) electrons. The van der Waals surface area contributed by atoms with E-state index in [4.69, 9.17) is 0 Å². The van der Waals surface area contributed by atoms with Crippen LogP contribution in [-0.4, -0.2) is 13.1 Å². The number of rotatable bonds is 6. The van der Waals surface area contributed by atoms with Crippen molar-refractivity contribution in [2.24, 2.45) is 11.8 Å². The Morgan fingerprint density at radius 1 is 1.00 bits per heavy atom. The molecule has 0 bridgehead atoms. The second-order valence-corrected chi connectivity index (χ2v) is 4.59. The van der Waals surface area contributed by atoms with Crippen LogP contribution in [0.2, 0.25) is 0 Å². The van der Waals surface area contributed by atoms with E-state index >= 15 is 0 Å². The topological polar surface area (TPSA) is 12.0 Å². The third-order valence-corrected chi connectivity index (χ3v) is 3.32. The molecule has 1 nitrogen and oxygen atoms in total. The minimum atomic E-state index is 1.03. The van der Waals surface area contributed by atoms with Crippen LogP contribution in [0.3, 0.4) is 0 Å². The Hall–Kier alpha value is -0.0400. The van der Waals surface area contributed by atoms with Crippen molar-refractivity contribution in [2.75, 3.05) is 13.1 Å². The lowest BCUT2D eigenvalue weighted by Gasteiger charge is -2.25. The van der Waals surface area contributed by atoms with Crippen molar-refractivity contribution in [3.8, 4) is 0 Å². The Morgan fingerprint density at radius 2 is 1.83 bits per heavy atom. The average molecular weight is 167 g/mol. The first kappa shape index (κ1) is 8.55. The zero-order valence-electron chi connectivity index (χ0n) is 8.02. The van der Waals surface area contributed by atoms with Crippen molar-refractivity contribution in [3.05, 3.63) is 0 Å². The molecular weight excluding hydrogens is 146 g/mol. The van der Waals surface area contributed by atoms with Crippen LogP contribution in [0.1, 0.15) is 44.9 Å². The molecule has 2 aliphatic rings. The second-order valence-electron chi connectivity index (χ2n) is 4.59. The minimum Gasteiger partial charge on any atom is -0.316 e. The summed E-state index contributed by atoms with van der Waals surface area (Å²) in [6.45, 7) is 2.57. The van der Waals surface area contributed by atoms with Gasteiger partial charge in [-0.15, -0.1) is 0 Å². The molecular formula is C11H21N. The van der Waals surface area contributed by atoms with E-state index in [-0.39, 0.29) is 0 Å². The number of nitrogens with one attached hydrogen (secondary N) is 1. The highest BCUT2D eigenvalue weighted by Crippen LogP contribution is 2.33. The van der Waals surface area contributed by atoms with Crippen LogP contribution in [-0.2, 0) is 0 Å². The fourth-order valence-electron chi connectivity index (χ4n) is 1.93. The van der Waals surface area contributed by atoms with Crippen molar-refractivity contribution in [1.82, 2.24) is 5.32 Å². The van der Waals surface area contributed by atoms with E-state index in [2.05, 4.69) is 5.32 Å². The van der Waals surface area contributed by atoms with Crippen LogP contribution in [0.25, 0.3) is 0 Å². The Morgan fingerprint density at radius 3 is 2.42 bits per heavy atom. The zero-order valence-corrected chi connectivity index (χ0v) is 8.02. The maximum Gasteiger partial charge on any atom is -0.00205 e. The van der Waals surface area contributed by atoms with Crippen molar-refractivity contribution in [2.45, 2.75) is 44.9 Å². The molecule has 0 aliphatic heterocycles. The van der Waals surface area contributed by atoms with Crippen molar-refractivity contribution in [3.63, 3.8) is 0 Å². The molecule has 0 unspecified atom stereocenters. The van der Waals surface area contributed by atoms with Gasteiger partial charge in [0.1, 0.15) is 0 Å². The smallest absolute Gasteiger partial charge is 0.00205 e. The van der Waals surface area contributed by atoms with Gasteiger partial charge in [-0.25, -0.2) is 0 Å². The molecule has 2 rings (SSSR count). The van der Waals surface area contributed by atoms with Crippen molar-refractivity contribution < 1.29 is 0 Å². The lowest BCUT2D eigenvalue weighted by atomic mass is 9.85. The van der Waals surface area contributed by atoms with Gasteiger partial charge in [0.25, 0.3) is 0 Å². The zero-order chi connectivity index (χ0) is 8.23. The predicted molar refractivity (Wildman–Crippen MR) is 52.2 cm³/mol. The highest BCUT2D eigenvalue weighted by Gasteiger charge is 2.20. The maximum absolute atomic E-state index is 3.57. The summed E-state index contributed by atoms with van der Waals surface area (Å²) in [5.41, 5.74) is 0. The number of hydrogen-bond acceptors (Lipinski definition) is 1. The van der Waals surface area contributed by atoms with Crippen molar-refractivity contribution >= 4 is 0 Å². The molecule has 0 spiro atoms. The molecule has 0 amide bonds. The Labute approximate surface area is 75.9 Å². The largest absolute Gasteiger partial charge is 0.316 e. The minimum absolute atomic E-state index is 1.03. The van der Waals surface area contributed by atoms with E-state index in [1.807, 2.05) is 0 Å². The second kappa shape index (κ2) is 4.27. The van der Waals surface area contributed by atoms with E-state index in [1.165, 1.54) is 58.0 Å². The highest BCUT2D eigenvalue weighted by molar-refractivity contribution is 4.74. The molecule has 0 aromatic heterocycles. The van der Waals surface area contributed by atoms with Gasteiger partial charge in [0.05, 0.1) is 0 Å². The summed E-state index contributed by atoms with van der Waals surface area (Å²) in [6.07, 6.45) is 10.4. The molecule has 0 atom stereocenters. The van der Waals surface area contributed by atoms with Crippen LogP contribution in [0.15, 0.2) is 0 Å². The predicted octanol–water partition coefficient (Wildman–Crippen LogP) is 2.57. The third-order valence-electron chi connectivity index (χ3n) is 3.32. The van der Waals surface area contributed by atoms with Crippen LogP contribution < -0.4 is 5.32 Å². The monoisotopic (exact) mass is 167 g/mol. The normalized spacial score (nSPS) is 24.0. The molecule has 12 heavy (non-hydrogen) atoms. The molecule has 70 valence electrons. The molecule has 0 saturated heterocycles. The third kappa shape index (κ3) is 2.78. The Kier molecular flexibility index (Phi) is 3.04. The summed E-state index contributed by atoms with van der Waals surface area (Å²) in [5.74, 6) is 2.15. The van der Waals surface area contributed by atoms with Crippen LogP contribution in [0.5, 0.6) is 0 Å². The highest BCUT2D eigenvalue weighted by atomic mass is 14.9. The molecule has 0 aromatic rings. The van der Waals surface area contributed by atoms with Gasteiger partial charge >= 0.3 is 0 Å². The van der Waals surface area contributed by atoms with Gasteiger partial charge in [-0.05, 0) is 50.6 Å². The fourth-order valence-corrected chi connectivity index (χ4v) is 1.93. The van der Waals surface area contributed by atoms with E-state index in [1.54, 1.807) is 0 Å². The molecule has 1 heteroatoms. The molecule has 1 N–H and O–H groups in total. The SMILES string of the molecule is C(CNCC1CCC1)CC1CC1. The lowest BCUT2D eigenvalue weighted by Crippen LogP contribution is -2.27. The van der Waals surface area contributed by atoms with E-state index < -0.39 is 0 Å². The van der Waals surface area contributed by atoms with Gasteiger partial charge in [-0.3, -0.25) is 0 Å². The van der Waals surface area contributed by atoms with E-state index in [9.17, 15) is 0 Å². The Balaban J connectivity index is 1.35. The van der Waals surface area contributed by atoms with E-state index in [0.29, 0.717) is 0 Å². The first-order valence-electron chi connectivity index (χ1n) is 5.66. The molecule has 0 aromatic carbocycles. The van der Waals surface area contributed by atoms with Crippen LogP contribution >= 0.6 is 0 Å². The summed E-state index contributed by atoms with van der Waals surface area (Å²) in [6, 6.07) is 0. The first-order valence-corrected chi connectivity index (χ1v) is 5.66. The van der Waals surface area contributed by atoms with Gasteiger partial charge in [-0.2, -0.15) is 0 Å². The molecule has 2 fully saturated rings. The average Bonchev–Trinajstić information content (AvgIpc) is 2.76. The summed E-state index contributed by atoms with van der Waals surface area (Å²) < 4.78 is 0. The molecule has 0 heterocycles. The van der Waals surface area contributed by atoms with Gasteiger partial charge in [0.15, 0.2) is 0 Å².